The second kappa shape index (κ2) is 5.10. The van der Waals surface area contributed by atoms with Crippen LogP contribution in [-0.4, -0.2) is 24.6 Å². The van der Waals surface area contributed by atoms with Crippen molar-refractivity contribution in [3.63, 3.8) is 0 Å². The van der Waals surface area contributed by atoms with E-state index in [4.69, 9.17) is 11.6 Å². The van der Waals surface area contributed by atoms with Crippen LogP contribution in [0.15, 0.2) is 0 Å². The van der Waals surface area contributed by atoms with Gasteiger partial charge in [0, 0.05) is 0 Å². The molecule has 8 heavy (non-hydrogen) atoms. The van der Waals surface area contributed by atoms with Gasteiger partial charge in [-0.1, -0.05) is 0 Å². The Labute approximate surface area is 65.9 Å². The van der Waals surface area contributed by atoms with E-state index in [1.807, 2.05) is 0 Å². The lowest BCUT2D eigenvalue weighted by Gasteiger charge is -1.92. The van der Waals surface area contributed by atoms with Gasteiger partial charge < -0.3 is 0 Å². The van der Waals surface area contributed by atoms with Gasteiger partial charge in [-0.15, -0.1) is 24.0 Å². The summed E-state index contributed by atoms with van der Waals surface area (Å²) in [6.07, 6.45) is 0. The fourth-order valence-corrected chi connectivity index (χ4v) is 0.129. The molecule has 0 bridgehead atoms. The van der Waals surface area contributed by atoms with Gasteiger partial charge in [0.15, 0.2) is 0 Å². The number of nitrogens with two attached hydrogens (primary N) is 2. The van der Waals surface area contributed by atoms with Gasteiger partial charge in [0.05, 0.1) is 14.1 Å². The zero-order chi connectivity index (χ0) is 5.86. The highest BCUT2D eigenvalue weighted by atomic mass is 127. The van der Waals surface area contributed by atoms with Crippen molar-refractivity contribution in [2.45, 2.75) is 0 Å². The molecule has 5 N–H and O–H groups in total. The van der Waals surface area contributed by atoms with E-state index in [1.165, 1.54) is 0 Å². The first-order valence-electron chi connectivity index (χ1n) is 1.95. The Balaban J connectivity index is 0. The van der Waals surface area contributed by atoms with E-state index >= 15 is 0 Å². The molecule has 0 aromatic carbocycles. The molecule has 0 aliphatic rings. The minimum absolute atomic E-state index is 0. The smallest absolute Gasteiger partial charge is 0.289 e. The van der Waals surface area contributed by atoms with Crippen LogP contribution in [0.2, 0.25) is 0 Å². The fourth-order valence-electron chi connectivity index (χ4n) is 0.129. The second-order valence-corrected chi connectivity index (χ2v) is 1.42. The first-order valence-corrected chi connectivity index (χ1v) is 1.95. The summed E-state index contributed by atoms with van der Waals surface area (Å²) in [5, 5.41) is 0. The van der Waals surface area contributed by atoms with Gasteiger partial charge >= 0.3 is 5.96 Å². The van der Waals surface area contributed by atoms with Crippen LogP contribution >= 0.6 is 24.0 Å². The summed E-state index contributed by atoms with van der Waals surface area (Å²) in [5.74, 6) is 5.38. The number of hydrogen-bond donors (Lipinski definition) is 3. The minimum Gasteiger partial charge on any atom is -0.289 e. The molecule has 5 heteroatoms. The average molecular weight is 231 g/mol. The van der Waals surface area contributed by atoms with Gasteiger partial charge in [-0.2, -0.15) is 5.84 Å². The zero-order valence-electron chi connectivity index (χ0n) is 5.01. The van der Waals surface area contributed by atoms with Crippen molar-refractivity contribution in [2.75, 3.05) is 14.1 Å². The van der Waals surface area contributed by atoms with Crippen LogP contribution in [0.4, 0.5) is 0 Å². The molecular formula is C3H12IN4+. The Hall–Kier alpha value is -0.0400. The maximum Gasteiger partial charge on any atom is 0.359 e. The van der Waals surface area contributed by atoms with E-state index in [9.17, 15) is 0 Å². The standard InChI is InChI=1S/C3H10N4.HI/c1-7(2)3(4)6-5;/h5H2,1-2H3,(H2,4,6);1H/p+1. The molecule has 0 atom stereocenters. The van der Waals surface area contributed by atoms with Crippen LogP contribution in [0.3, 0.4) is 0 Å². The van der Waals surface area contributed by atoms with Crippen LogP contribution in [0.1, 0.15) is 0 Å². The molecule has 0 aromatic heterocycles. The Morgan fingerprint density at radius 1 is 1.50 bits per heavy atom. The Kier molecular flexibility index (Phi) is 6.93. The molecule has 0 radical (unpaired) electrons. The molecular weight excluding hydrogens is 219 g/mol. The van der Waals surface area contributed by atoms with E-state index in [-0.39, 0.29) is 24.0 Å². The van der Waals surface area contributed by atoms with E-state index in [0.717, 1.165) is 0 Å². The summed E-state index contributed by atoms with van der Waals surface area (Å²) in [4.78, 5) is 0. The largest absolute Gasteiger partial charge is 0.359 e. The van der Waals surface area contributed by atoms with E-state index in [2.05, 4.69) is 5.43 Å². The third-order valence-electron chi connectivity index (χ3n) is 0.630. The van der Waals surface area contributed by atoms with Crippen molar-refractivity contribution in [1.29, 1.82) is 0 Å². The Morgan fingerprint density at radius 2 is 1.88 bits per heavy atom. The molecule has 0 amide bonds. The number of halogens is 1. The van der Waals surface area contributed by atoms with Crippen LogP contribution in [0.5, 0.6) is 0 Å². The molecule has 0 saturated carbocycles. The first kappa shape index (κ1) is 10.9. The second-order valence-electron chi connectivity index (χ2n) is 1.42. The molecule has 0 unspecified atom stereocenters. The normalized spacial score (nSPS) is 6.88. The zero-order valence-corrected chi connectivity index (χ0v) is 7.34. The van der Waals surface area contributed by atoms with Crippen molar-refractivity contribution in [3.8, 4) is 0 Å². The lowest BCUT2D eigenvalue weighted by molar-refractivity contribution is -0.467. The lowest BCUT2D eigenvalue weighted by atomic mass is 10.9. The van der Waals surface area contributed by atoms with Crippen molar-refractivity contribution in [2.24, 2.45) is 11.6 Å². The highest BCUT2D eigenvalue weighted by Crippen LogP contribution is 1.48. The highest BCUT2D eigenvalue weighted by Gasteiger charge is 1.90. The van der Waals surface area contributed by atoms with Gasteiger partial charge in [-0.05, 0) is 0 Å². The monoisotopic (exact) mass is 231 g/mol. The Bertz CT molecular complexity index is 85.3. The molecule has 0 fully saturated rings. The topological polar surface area (TPSA) is 67.1 Å². The highest BCUT2D eigenvalue weighted by molar-refractivity contribution is 14.0. The molecule has 0 spiro atoms. The predicted molar refractivity (Wildman–Crippen MR) is 44.0 cm³/mol. The van der Waals surface area contributed by atoms with Gasteiger partial charge in [-0.25, -0.2) is 5.43 Å². The summed E-state index contributed by atoms with van der Waals surface area (Å²) in [6, 6.07) is 0. The molecule has 0 aliphatic carbocycles. The van der Waals surface area contributed by atoms with Gasteiger partial charge in [0.1, 0.15) is 0 Å². The van der Waals surface area contributed by atoms with E-state index < -0.39 is 0 Å². The first-order chi connectivity index (χ1) is 3.18. The Morgan fingerprint density at radius 3 is 1.88 bits per heavy atom. The van der Waals surface area contributed by atoms with Gasteiger partial charge in [0.25, 0.3) is 0 Å². The summed E-state index contributed by atoms with van der Waals surface area (Å²) in [6.45, 7) is 0. The summed E-state index contributed by atoms with van der Waals surface area (Å²) in [5.41, 5.74) is 7.51. The van der Waals surface area contributed by atoms with E-state index in [0.29, 0.717) is 5.96 Å². The molecule has 4 nitrogen and oxygen atoms in total. The summed E-state index contributed by atoms with van der Waals surface area (Å²) < 4.78 is 1.68. The summed E-state index contributed by atoms with van der Waals surface area (Å²) >= 11 is 0. The van der Waals surface area contributed by atoms with Crippen molar-refractivity contribution in [1.82, 2.24) is 5.43 Å². The number of nitrogens with zero attached hydrogens (tertiary/aromatic N) is 1. The number of guanidine groups is 1. The predicted octanol–water partition coefficient (Wildman–Crippen LogP) is -1.35. The van der Waals surface area contributed by atoms with E-state index in [1.54, 1.807) is 18.7 Å². The number of hydrazine groups is 1. The summed E-state index contributed by atoms with van der Waals surface area (Å²) in [7, 11) is 3.60. The number of nitrogens with one attached hydrogen (secondary N) is 1. The third-order valence-corrected chi connectivity index (χ3v) is 0.630. The minimum atomic E-state index is 0. The van der Waals surface area contributed by atoms with Crippen molar-refractivity contribution < 1.29 is 4.58 Å². The molecule has 0 aliphatic heterocycles. The quantitative estimate of drug-likeness (QED) is 0.121. The van der Waals surface area contributed by atoms with Crippen molar-refractivity contribution >= 4 is 29.9 Å². The maximum atomic E-state index is 5.22. The average Bonchev–Trinajstić information content (AvgIpc) is 1.65. The van der Waals surface area contributed by atoms with Gasteiger partial charge in [0.2, 0.25) is 0 Å². The van der Waals surface area contributed by atoms with Crippen LogP contribution in [-0.2, 0) is 0 Å². The molecule has 50 valence electrons. The molecule has 0 rings (SSSR count). The third kappa shape index (κ3) is 4.13. The number of rotatable bonds is 0. The van der Waals surface area contributed by atoms with Gasteiger partial charge in [-0.3, -0.25) is 10.3 Å². The maximum absolute atomic E-state index is 5.22. The molecule has 0 aromatic rings. The van der Waals surface area contributed by atoms with Crippen LogP contribution < -0.4 is 17.0 Å². The SMILES string of the molecule is C[N+](C)=C(N)NN.I. The number of hydrogen-bond acceptors (Lipinski definition) is 1. The van der Waals surface area contributed by atoms with Crippen LogP contribution in [0, 0.1) is 0 Å². The molecule has 0 saturated heterocycles. The lowest BCUT2D eigenvalue weighted by Crippen LogP contribution is -2.42. The fraction of sp³-hybridized carbons (Fsp3) is 0.667. The van der Waals surface area contributed by atoms with Crippen molar-refractivity contribution in [3.05, 3.63) is 0 Å². The van der Waals surface area contributed by atoms with Crippen LogP contribution in [0.25, 0.3) is 0 Å². The molecule has 0 heterocycles.